The van der Waals surface area contributed by atoms with Crippen molar-refractivity contribution in [3.63, 3.8) is 0 Å². The number of carbonyl (C=O) groups is 1. The van der Waals surface area contributed by atoms with E-state index in [4.69, 9.17) is 0 Å². The summed E-state index contributed by atoms with van der Waals surface area (Å²) in [6, 6.07) is 5.65. The van der Waals surface area contributed by atoms with Crippen LogP contribution in [0.5, 0.6) is 0 Å². The quantitative estimate of drug-likeness (QED) is 0.815. The molecule has 0 spiro atoms. The van der Waals surface area contributed by atoms with Gasteiger partial charge in [-0.3, -0.25) is 4.79 Å². The van der Waals surface area contributed by atoms with Gasteiger partial charge in [0.15, 0.2) is 9.84 Å². The van der Waals surface area contributed by atoms with Crippen molar-refractivity contribution >= 4 is 28.2 Å². The van der Waals surface area contributed by atoms with Crippen molar-refractivity contribution in [3.05, 3.63) is 34.9 Å². The van der Waals surface area contributed by atoms with Crippen LogP contribution in [0.3, 0.4) is 0 Å². The molecule has 1 aromatic rings. The average molecular weight is 359 g/mol. The van der Waals surface area contributed by atoms with Gasteiger partial charge in [-0.25, -0.2) is 8.42 Å². The molecule has 2 aliphatic heterocycles. The Morgan fingerprint density at radius 2 is 1.91 bits per heavy atom. The number of fused-ring (bicyclic) bond motifs is 1. The Bertz CT molecular complexity index is 691. The highest BCUT2D eigenvalue weighted by atomic mass is 35.5. The lowest BCUT2D eigenvalue weighted by Gasteiger charge is -2.33. The summed E-state index contributed by atoms with van der Waals surface area (Å²) in [6.45, 7) is 4.01. The zero-order valence-electron chi connectivity index (χ0n) is 13.2. The van der Waals surface area contributed by atoms with Crippen LogP contribution in [0.15, 0.2) is 18.2 Å². The van der Waals surface area contributed by atoms with E-state index in [9.17, 15) is 13.2 Å². The van der Waals surface area contributed by atoms with Crippen LogP contribution in [0.4, 0.5) is 0 Å². The summed E-state index contributed by atoms with van der Waals surface area (Å²) in [5.74, 6) is 0.0772. The van der Waals surface area contributed by atoms with E-state index in [2.05, 4.69) is 5.32 Å². The standard InChI is InChI=1S/C16H22N2O3S.ClH/c1-12-11-22(20,21)9-8-18(12)16(19)15-3-2-13-4-6-17-7-5-14(13)10-15;/h2-3,10,12,17H,4-9,11H2,1H3;1H. The molecular formula is C16H23ClN2O3S. The number of nitrogens with one attached hydrogen (secondary N) is 1. The molecule has 2 heterocycles. The summed E-state index contributed by atoms with van der Waals surface area (Å²) in [6.07, 6.45) is 1.92. The number of sulfone groups is 1. The van der Waals surface area contributed by atoms with Crippen LogP contribution in [0.2, 0.25) is 0 Å². The van der Waals surface area contributed by atoms with Crippen LogP contribution >= 0.6 is 12.4 Å². The molecule has 0 radical (unpaired) electrons. The lowest BCUT2D eigenvalue weighted by molar-refractivity contribution is 0.0712. The molecule has 1 amide bonds. The minimum absolute atomic E-state index is 0. The second-order valence-corrected chi connectivity index (χ2v) is 8.42. The zero-order valence-corrected chi connectivity index (χ0v) is 14.9. The molecule has 0 aromatic heterocycles. The van der Waals surface area contributed by atoms with Crippen molar-refractivity contribution in [3.8, 4) is 0 Å². The molecule has 2 aliphatic rings. The minimum atomic E-state index is -3.00. The fraction of sp³-hybridized carbons (Fsp3) is 0.562. The Labute approximate surface area is 143 Å². The van der Waals surface area contributed by atoms with E-state index in [1.807, 2.05) is 25.1 Å². The fourth-order valence-electron chi connectivity index (χ4n) is 3.27. The normalized spacial score (nSPS) is 23.3. The zero-order chi connectivity index (χ0) is 15.7. The minimum Gasteiger partial charge on any atom is -0.334 e. The number of benzene rings is 1. The van der Waals surface area contributed by atoms with Crippen molar-refractivity contribution in [1.82, 2.24) is 10.2 Å². The molecule has 0 saturated carbocycles. The maximum atomic E-state index is 12.7. The number of amides is 1. The van der Waals surface area contributed by atoms with Crippen molar-refractivity contribution in [1.29, 1.82) is 0 Å². The number of hydrogen-bond donors (Lipinski definition) is 1. The molecule has 1 aromatic carbocycles. The summed E-state index contributed by atoms with van der Waals surface area (Å²) < 4.78 is 23.3. The van der Waals surface area contributed by atoms with Crippen LogP contribution in [0, 0.1) is 0 Å². The lowest BCUT2D eigenvalue weighted by Crippen LogP contribution is -2.49. The SMILES string of the molecule is CC1CS(=O)(=O)CCN1C(=O)c1ccc2c(c1)CCNCC2.Cl. The van der Waals surface area contributed by atoms with Crippen molar-refractivity contribution in [2.24, 2.45) is 0 Å². The van der Waals surface area contributed by atoms with Crippen molar-refractivity contribution in [2.75, 3.05) is 31.1 Å². The first-order valence-corrected chi connectivity index (χ1v) is 9.62. The van der Waals surface area contributed by atoms with Gasteiger partial charge in [-0.15, -0.1) is 12.4 Å². The van der Waals surface area contributed by atoms with Gasteiger partial charge in [0.1, 0.15) is 0 Å². The van der Waals surface area contributed by atoms with E-state index in [0.29, 0.717) is 12.1 Å². The lowest BCUT2D eigenvalue weighted by atomic mass is 9.99. The average Bonchev–Trinajstić information content (AvgIpc) is 2.70. The van der Waals surface area contributed by atoms with Gasteiger partial charge in [-0.2, -0.15) is 0 Å². The third-order valence-electron chi connectivity index (χ3n) is 4.53. The summed E-state index contributed by atoms with van der Waals surface area (Å²) >= 11 is 0. The maximum Gasteiger partial charge on any atom is 0.254 e. The number of rotatable bonds is 1. The molecule has 5 nitrogen and oxygen atoms in total. The Balaban J connectivity index is 0.00000192. The van der Waals surface area contributed by atoms with Gasteiger partial charge in [0, 0.05) is 18.2 Å². The van der Waals surface area contributed by atoms with Crippen LogP contribution in [-0.2, 0) is 22.7 Å². The molecule has 3 rings (SSSR count). The first-order valence-electron chi connectivity index (χ1n) is 7.80. The van der Waals surface area contributed by atoms with E-state index in [-0.39, 0.29) is 35.9 Å². The van der Waals surface area contributed by atoms with Crippen molar-refractivity contribution < 1.29 is 13.2 Å². The van der Waals surface area contributed by atoms with Crippen molar-refractivity contribution in [2.45, 2.75) is 25.8 Å². The van der Waals surface area contributed by atoms with Crippen LogP contribution in [-0.4, -0.2) is 56.4 Å². The molecule has 1 fully saturated rings. The topological polar surface area (TPSA) is 66.5 Å². The Hall–Kier alpha value is -1.11. The number of nitrogens with zero attached hydrogens (tertiary/aromatic N) is 1. The highest BCUT2D eigenvalue weighted by molar-refractivity contribution is 7.91. The third-order valence-corrected chi connectivity index (χ3v) is 6.32. The summed E-state index contributed by atoms with van der Waals surface area (Å²) in [4.78, 5) is 14.4. The van der Waals surface area contributed by atoms with Gasteiger partial charge in [0.05, 0.1) is 11.5 Å². The number of halogens is 1. The van der Waals surface area contributed by atoms with Gasteiger partial charge in [0.2, 0.25) is 0 Å². The second kappa shape index (κ2) is 7.20. The van der Waals surface area contributed by atoms with Gasteiger partial charge >= 0.3 is 0 Å². The number of carbonyl (C=O) groups excluding carboxylic acids is 1. The van der Waals surface area contributed by atoms with Gasteiger partial charge < -0.3 is 10.2 Å². The molecule has 0 bridgehead atoms. The first kappa shape index (κ1) is 18.2. The van der Waals surface area contributed by atoms with Gasteiger partial charge in [0.25, 0.3) is 5.91 Å². The molecule has 1 saturated heterocycles. The molecule has 128 valence electrons. The highest BCUT2D eigenvalue weighted by Gasteiger charge is 2.31. The molecule has 1 N–H and O–H groups in total. The third kappa shape index (κ3) is 4.05. The van der Waals surface area contributed by atoms with Crippen LogP contribution in [0.25, 0.3) is 0 Å². The van der Waals surface area contributed by atoms with E-state index in [0.717, 1.165) is 25.9 Å². The van der Waals surface area contributed by atoms with E-state index < -0.39 is 9.84 Å². The molecule has 23 heavy (non-hydrogen) atoms. The Morgan fingerprint density at radius 1 is 1.22 bits per heavy atom. The molecule has 1 atom stereocenters. The smallest absolute Gasteiger partial charge is 0.254 e. The fourth-order valence-corrected chi connectivity index (χ4v) is 4.83. The molecular weight excluding hydrogens is 336 g/mol. The molecule has 7 heteroatoms. The monoisotopic (exact) mass is 358 g/mol. The maximum absolute atomic E-state index is 12.7. The highest BCUT2D eigenvalue weighted by Crippen LogP contribution is 2.19. The first-order chi connectivity index (χ1) is 10.5. The van der Waals surface area contributed by atoms with E-state index >= 15 is 0 Å². The Kier molecular flexibility index (Phi) is 5.70. The second-order valence-electron chi connectivity index (χ2n) is 6.20. The van der Waals surface area contributed by atoms with E-state index in [1.54, 1.807) is 4.90 Å². The molecule has 1 unspecified atom stereocenters. The van der Waals surface area contributed by atoms with Crippen LogP contribution < -0.4 is 5.32 Å². The predicted molar refractivity (Wildman–Crippen MR) is 93.1 cm³/mol. The summed E-state index contributed by atoms with van der Waals surface area (Å²) in [5, 5.41) is 3.36. The largest absolute Gasteiger partial charge is 0.334 e. The Morgan fingerprint density at radius 3 is 2.61 bits per heavy atom. The van der Waals surface area contributed by atoms with Gasteiger partial charge in [-0.1, -0.05) is 6.07 Å². The molecule has 0 aliphatic carbocycles. The van der Waals surface area contributed by atoms with Crippen LogP contribution in [0.1, 0.15) is 28.4 Å². The number of hydrogen-bond acceptors (Lipinski definition) is 4. The summed E-state index contributed by atoms with van der Waals surface area (Å²) in [5.41, 5.74) is 3.20. The predicted octanol–water partition coefficient (Wildman–Crippen LogP) is 1.06. The van der Waals surface area contributed by atoms with Gasteiger partial charge in [-0.05, 0) is 56.1 Å². The van der Waals surface area contributed by atoms with E-state index in [1.165, 1.54) is 11.1 Å². The summed E-state index contributed by atoms with van der Waals surface area (Å²) in [7, 11) is -3.00.